The largest absolute Gasteiger partial charge is 0.390 e. The van der Waals surface area contributed by atoms with E-state index in [9.17, 15) is 5.11 Å². The molecule has 6 atom stereocenters. The molecule has 0 amide bonds. The number of halogens is 1. The van der Waals surface area contributed by atoms with Gasteiger partial charge in [0.1, 0.15) is 0 Å². The zero-order valence-electron chi connectivity index (χ0n) is 11.2. The highest BCUT2D eigenvalue weighted by Gasteiger charge is 2.46. The van der Waals surface area contributed by atoms with Gasteiger partial charge in [0.15, 0.2) is 0 Å². The van der Waals surface area contributed by atoms with Crippen LogP contribution < -0.4 is 0 Å². The minimum Gasteiger partial charge on any atom is -0.390 e. The van der Waals surface area contributed by atoms with Gasteiger partial charge in [0.25, 0.3) is 0 Å². The number of hydrogen-bond donors (Lipinski definition) is 1. The van der Waals surface area contributed by atoms with Crippen molar-refractivity contribution in [2.24, 2.45) is 0 Å². The molecule has 3 nitrogen and oxygen atoms in total. The molecule has 2 fully saturated rings. The van der Waals surface area contributed by atoms with Crippen LogP contribution in [0.1, 0.15) is 32.6 Å². The number of fused-ring (bicyclic) bond motifs is 1. The van der Waals surface area contributed by atoms with E-state index < -0.39 is 6.10 Å². The SMILES string of the molecule is C#C/C=C\C[C@@H](O)[C@H]1C[C@@H]2O[C@@H]([C@@H](Br)CC)C[C@@H]2O1. The van der Waals surface area contributed by atoms with Crippen LogP contribution in [0.15, 0.2) is 12.2 Å². The third-order valence-electron chi connectivity index (χ3n) is 3.86. The van der Waals surface area contributed by atoms with Crippen LogP contribution >= 0.6 is 15.9 Å². The zero-order valence-corrected chi connectivity index (χ0v) is 12.8. The first-order chi connectivity index (χ1) is 9.15. The van der Waals surface area contributed by atoms with E-state index in [-0.39, 0.29) is 24.4 Å². The lowest BCUT2D eigenvalue weighted by atomic mass is 10.0. The van der Waals surface area contributed by atoms with E-state index in [1.165, 1.54) is 0 Å². The Morgan fingerprint density at radius 3 is 2.63 bits per heavy atom. The summed E-state index contributed by atoms with van der Waals surface area (Å²) in [6.07, 6.45) is 11.7. The second kappa shape index (κ2) is 6.90. The Labute approximate surface area is 123 Å². The van der Waals surface area contributed by atoms with Crippen molar-refractivity contribution in [3.8, 4) is 12.3 Å². The van der Waals surface area contributed by atoms with Crippen molar-refractivity contribution in [3.63, 3.8) is 0 Å². The van der Waals surface area contributed by atoms with Crippen LogP contribution in [0, 0.1) is 12.3 Å². The number of aliphatic hydroxyl groups excluding tert-OH is 1. The summed E-state index contributed by atoms with van der Waals surface area (Å²) in [7, 11) is 0. The number of rotatable bonds is 5. The van der Waals surface area contributed by atoms with Crippen molar-refractivity contribution >= 4 is 15.9 Å². The minimum atomic E-state index is -0.497. The molecule has 2 heterocycles. The fourth-order valence-electron chi connectivity index (χ4n) is 2.78. The molecule has 0 aromatic carbocycles. The number of ether oxygens (including phenoxy) is 2. The van der Waals surface area contributed by atoms with Crippen molar-refractivity contribution in [2.75, 3.05) is 0 Å². The third kappa shape index (κ3) is 3.61. The summed E-state index contributed by atoms with van der Waals surface area (Å²) in [6.45, 7) is 2.14. The summed E-state index contributed by atoms with van der Waals surface area (Å²) < 4.78 is 11.9. The van der Waals surface area contributed by atoms with E-state index in [2.05, 4.69) is 28.8 Å². The van der Waals surface area contributed by atoms with Gasteiger partial charge < -0.3 is 14.6 Å². The van der Waals surface area contributed by atoms with Gasteiger partial charge in [-0.3, -0.25) is 0 Å². The first kappa shape index (κ1) is 15.1. The molecule has 106 valence electrons. The van der Waals surface area contributed by atoms with Crippen LogP contribution in [0.25, 0.3) is 0 Å². The van der Waals surface area contributed by atoms with Gasteiger partial charge in [0.05, 0.1) is 30.5 Å². The monoisotopic (exact) mass is 328 g/mol. The number of alkyl halides is 1. The fourth-order valence-corrected chi connectivity index (χ4v) is 3.12. The molecule has 2 rings (SSSR count). The number of allylic oxidation sites excluding steroid dienone is 1. The molecule has 2 aliphatic rings. The Morgan fingerprint density at radius 1 is 1.37 bits per heavy atom. The van der Waals surface area contributed by atoms with Crippen molar-refractivity contribution in [3.05, 3.63) is 12.2 Å². The molecular formula is C15H21BrO3. The lowest BCUT2D eigenvalue weighted by Crippen LogP contribution is -2.28. The van der Waals surface area contributed by atoms with Crippen molar-refractivity contribution in [1.29, 1.82) is 0 Å². The Morgan fingerprint density at radius 2 is 2.00 bits per heavy atom. The van der Waals surface area contributed by atoms with E-state index in [1.807, 2.05) is 0 Å². The van der Waals surface area contributed by atoms with Gasteiger partial charge >= 0.3 is 0 Å². The Kier molecular flexibility index (Phi) is 5.47. The van der Waals surface area contributed by atoms with E-state index in [1.54, 1.807) is 12.2 Å². The summed E-state index contributed by atoms with van der Waals surface area (Å²) in [5, 5.41) is 10.0. The first-order valence-corrected chi connectivity index (χ1v) is 7.81. The first-order valence-electron chi connectivity index (χ1n) is 6.89. The van der Waals surface area contributed by atoms with Crippen molar-refractivity contribution < 1.29 is 14.6 Å². The van der Waals surface area contributed by atoms with Crippen LogP contribution in [0.4, 0.5) is 0 Å². The predicted molar refractivity (Wildman–Crippen MR) is 78.2 cm³/mol. The molecule has 0 radical (unpaired) electrons. The highest BCUT2D eigenvalue weighted by molar-refractivity contribution is 9.09. The van der Waals surface area contributed by atoms with Gasteiger partial charge in [-0.05, 0) is 18.9 Å². The fraction of sp³-hybridized carbons (Fsp3) is 0.733. The lowest BCUT2D eigenvalue weighted by Gasteiger charge is -2.21. The maximum atomic E-state index is 10.0. The van der Waals surface area contributed by atoms with Gasteiger partial charge in [0, 0.05) is 17.7 Å². The summed E-state index contributed by atoms with van der Waals surface area (Å²) in [4.78, 5) is 0.392. The quantitative estimate of drug-likeness (QED) is 0.622. The van der Waals surface area contributed by atoms with Crippen LogP contribution in [0.3, 0.4) is 0 Å². The summed E-state index contributed by atoms with van der Waals surface area (Å²) in [5.74, 6) is 2.42. The summed E-state index contributed by atoms with van der Waals surface area (Å²) >= 11 is 3.64. The molecule has 0 unspecified atom stereocenters. The van der Waals surface area contributed by atoms with Gasteiger partial charge in [-0.15, -0.1) is 6.42 Å². The van der Waals surface area contributed by atoms with E-state index >= 15 is 0 Å². The molecule has 2 aliphatic heterocycles. The number of hydrogen-bond acceptors (Lipinski definition) is 3. The molecule has 0 aromatic heterocycles. The van der Waals surface area contributed by atoms with Crippen LogP contribution in [-0.4, -0.2) is 40.5 Å². The Bertz CT molecular complexity index is 349. The third-order valence-corrected chi connectivity index (χ3v) is 5.09. The number of aliphatic hydroxyl groups is 1. The van der Waals surface area contributed by atoms with Gasteiger partial charge in [0.2, 0.25) is 0 Å². The van der Waals surface area contributed by atoms with Gasteiger partial charge in [-0.2, -0.15) is 0 Å². The second-order valence-electron chi connectivity index (χ2n) is 5.19. The zero-order chi connectivity index (χ0) is 13.8. The maximum Gasteiger partial charge on any atom is 0.0868 e. The molecule has 0 saturated carbocycles. The van der Waals surface area contributed by atoms with Crippen LogP contribution in [0.5, 0.6) is 0 Å². The summed E-state index contributed by atoms with van der Waals surface area (Å²) in [6, 6.07) is 0. The Balaban J connectivity index is 1.81. The lowest BCUT2D eigenvalue weighted by molar-refractivity contribution is -0.0330. The molecule has 0 spiro atoms. The maximum absolute atomic E-state index is 10.0. The van der Waals surface area contributed by atoms with Crippen molar-refractivity contribution in [1.82, 2.24) is 0 Å². The average Bonchev–Trinajstić information content (AvgIpc) is 2.96. The van der Waals surface area contributed by atoms with E-state index in [0.29, 0.717) is 11.2 Å². The molecule has 0 bridgehead atoms. The average molecular weight is 329 g/mol. The van der Waals surface area contributed by atoms with Crippen LogP contribution in [0.2, 0.25) is 0 Å². The van der Waals surface area contributed by atoms with Gasteiger partial charge in [-0.1, -0.05) is 34.9 Å². The Hall–Kier alpha value is -0.340. The minimum absolute atomic E-state index is 0.131. The molecule has 2 saturated heterocycles. The molecule has 1 N–H and O–H groups in total. The van der Waals surface area contributed by atoms with Crippen LogP contribution in [-0.2, 0) is 9.47 Å². The van der Waals surface area contributed by atoms with Crippen molar-refractivity contribution in [2.45, 2.75) is 68.0 Å². The molecule has 19 heavy (non-hydrogen) atoms. The highest BCUT2D eigenvalue weighted by atomic mass is 79.9. The normalized spacial score (nSPS) is 37.2. The molecule has 0 aliphatic carbocycles. The van der Waals surface area contributed by atoms with E-state index in [4.69, 9.17) is 15.9 Å². The topological polar surface area (TPSA) is 38.7 Å². The summed E-state index contributed by atoms with van der Waals surface area (Å²) in [5.41, 5.74) is 0. The number of terminal acetylenes is 1. The smallest absolute Gasteiger partial charge is 0.0868 e. The second-order valence-corrected chi connectivity index (χ2v) is 6.37. The van der Waals surface area contributed by atoms with Gasteiger partial charge in [-0.25, -0.2) is 0 Å². The molecule has 0 aromatic rings. The highest BCUT2D eigenvalue weighted by Crippen LogP contribution is 2.38. The predicted octanol–water partition coefficient (Wildman–Crippen LogP) is 2.42. The molecule has 4 heteroatoms. The van der Waals surface area contributed by atoms with E-state index in [0.717, 1.165) is 19.3 Å². The standard InChI is InChI=1S/C15H21BrO3/c1-3-5-6-7-11(17)13-9-15-14(19-13)8-12(18-15)10(16)4-2/h1,5-6,10-15,17H,4,7-9H2,2H3/b6-5-/t10-,11+,12+,13+,14-,15-/m0/s1. The molecular weight excluding hydrogens is 308 g/mol.